The predicted octanol–water partition coefficient (Wildman–Crippen LogP) is 2.61. The summed E-state index contributed by atoms with van der Waals surface area (Å²) in [7, 11) is 1.72. The molecule has 2 heterocycles. The van der Waals surface area contributed by atoms with Crippen LogP contribution in [0.3, 0.4) is 0 Å². The van der Waals surface area contributed by atoms with E-state index in [0.717, 1.165) is 37.3 Å². The summed E-state index contributed by atoms with van der Waals surface area (Å²) in [4.78, 5) is 6.47. The molecule has 0 saturated carbocycles. The molecule has 9 heteroatoms. The smallest absolute Gasteiger partial charge is 0.387 e. The van der Waals surface area contributed by atoms with Gasteiger partial charge in [-0.1, -0.05) is 5.16 Å². The maximum atomic E-state index is 12.3. The van der Waals surface area contributed by atoms with E-state index < -0.39 is 6.61 Å². The Hall–Kier alpha value is -2.84. The highest BCUT2D eigenvalue weighted by Crippen LogP contribution is 2.23. The van der Waals surface area contributed by atoms with Gasteiger partial charge < -0.3 is 24.8 Å². The Morgan fingerprint density at radius 2 is 2.19 bits per heavy atom. The van der Waals surface area contributed by atoms with E-state index >= 15 is 0 Å². The molecule has 1 aromatic carbocycles. The molecule has 1 atom stereocenters. The molecule has 1 aliphatic rings. The minimum absolute atomic E-state index is 0.165. The Balaban J connectivity index is 1.53. The predicted molar refractivity (Wildman–Crippen MR) is 98.1 cm³/mol. The maximum absolute atomic E-state index is 12.3. The first-order valence-corrected chi connectivity index (χ1v) is 8.80. The molecular formula is C18H23F2N5O2. The second-order valence-electron chi connectivity index (χ2n) is 6.22. The normalized spacial score (nSPS) is 17.9. The lowest BCUT2D eigenvalue weighted by Crippen LogP contribution is -2.51. The summed E-state index contributed by atoms with van der Waals surface area (Å²) >= 11 is 0. The molecule has 27 heavy (non-hydrogen) atoms. The van der Waals surface area contributed by atoms with Crippen LogP contribution in [0.15, 0.2) is 46.1 Å². The Kier molecular flexibility index (Phi) is 6.45. The highest BCUT2D eigenvalue weighted by Gasteiger charge is 2.21. The Bertz CT molecular complexity index is 722. The number of rotatable bonds is 6. The topological polar surface area (TPSA) is 74.9 Å². The number of ether oxygens (including phenoxy) is 1. The molecule has 3 rings (SSSR count). The van der Waals surface area contributed by atoms with Gasteiger partial charge in [0, 0.05) is 37.9 Å². The number of hydrogen-bond acceptors (Lipinski definition) is 5. The van der Waals surface area contributed by atoms with Crippen molar-refractivity contribution in [3.8, 4) is 5.75 Å². The SMILES string of the molecule is CN=C(NCc1ccon1)NC1CCCN(c2ccc(OC(F)F)cc2)C1. The third kappa shape index (κ3) is 5.57. The Morgan fingerprint density at radius 3 is 2.85 bits per heavy atom. The van der Waals surface area contributed by atoms with Gasteiger partial charge in [0.1, 0.15) is 17.7 Å². The fourth-order valence-electron chi connectivity index (χ4n) is 3.06. The number of halogens is 2. The van der Waals surface area contributed by atoms with E-state index in [1.54, 1.807) is 37.4 Å². The number of anilines is 1. The summed E-state index contributed by atoms with van der Waals surface area (Å²) in [5.74, 6) is 0.864. The highest BCUT2D eigenvalue weighted by molar-refractivity contribution is 5.80. The number of hydrogen-bond donors (Lipinski definition) is 2. The van der Waals surface area contributed by atoms with Crippen LogP contribution < -0.4 is 20.3 Å². The van der Waals surface area contributed by atoms with E-state index in [2.05, 4.69) is 30.4 Å². The van der Waals surface area contributed by atoms with Crippen molar-refractivity contribution in [1.29, 1.82) is 0 Å². The first-order valence-electron chi connectivity index (χ1n) is 8.80. The zero-order valence-electron chi connectivity index (χ0n) is 15.1. The van der Waals surface area contributed by atoms with E-state index in [0.29, 0.717) is 12.5 Å². The number of nitrogens with zero attached hydrogens (tertiary/aromatic N) is 3. The van der Waals surface area contributed by atoms with Gasteiger partial charge in [-0.15, -0.1) is 0 Å². The van der Waals surface area contributed by atoms with Crippen molar-refractivity contribution >= 4 is 11.6 Å². The van der Waals surface area contributed by atoms with Gasteiger partial charge in [-0.2, -0.15) is 8.78 Å². The first-order chi connectivity index (χ1) is 13.1. The number of guanidine groups is 1. The van der Waals surface area contributed by atoms with Crippen molar-refractivity contribution in [1.82, 2.24) is 15.8 Å². The summed E-state index contributed by atoms with van der Waals surface area (Å²) in [6.45, 7) is -0.577. The molecular weight excluding hydrogens is 356 g/mol. The average molecular weight is 379 g/mol. The highest BCUT2D eigenvalue weighted by atomic mass is 19.3. The minimum atomic E-state index is -2.81. The van der Waals surface area contributed by atoms with Crippen LogP contribution in [0, 0.1) is 0 Å². The monoisotopic (exact) mass is 379 g/mol. The number of benzene rings is 1. The average Bonchev–Trinajstić information content (AvgIpc) is 3.19. The molecule has 1 unspecified atom stereocenters. The van der Waals surface area contributed by atoms with E-state index in [9.17, 15) is 8.78 Å². The summed E-state index contributed by atoms with van der Waals surface area (Å²) in [5.41, 5.74) is 1.78. The van der Waals surface area contributed by atoms with Crippen molar-refractivity contribution in [2.45, 2.75) is 32.0 Å². The standard InChI is InChI=1S/C18H23F2N5O2/c1-21-18(22-11-13-8-10-26-24-13)23-14-3-2-9-25(12-14)15-4-6-16(7-5-15)27-17(19)20/h4-8,10,14,17H,2-3,9,11-12H2,1H3,(H2,21,22,23). The third-order valence-corrected chi connectivity index (χ3v) is 4.34. The molecule has 1 saturated heterocycles. The quantitative estimate of drug-likeness (QED) is 0.594. The van der Waals surface area contributed by atoms with Crippen molar-refractivity contribution in [3.05, 3.63) is 42.3 Å². The zero-order valence-corrected chi connectivity index (χ0v) is 15.1. The van der Waals surface area contributed by atoms with E-state index in [4.69, 9.17) is 4.52 Å². The summed E-state index contributed by atoms with van der Waals surface area (Å²) in [5, 5.41) is 10.5. The fourth-order valence-corrected chi connectivity index (χ4v) is 3.06. The van der Waals surface area contributed by atoms with Crippen molar-refractivity contribution in [2.24, 2.45) is 4.99 Å². The van der Waals surface area contributed by atoms with Crippen molar-refractivity contribution in [2.75, 3.05) is 25.0 Å². The van der Waals surface area contributed by atoms with Crippen LogP contribution in [0.5, 0.6) is 5.75 Å². The lowest BCUT2D eigenvalue weighted by Gasteiger charge is -2.35. The van der Waals surface area contributed by atoms with Crippen LogP contribution in [0.2, 0.25) is 0 Å². The minimum Gasteiger partial charge on any atom is -0.435 e. The van der Waals surface area contributed by atoms with Crippen LogP contribution in [0.4, 0.5) is 14.5 Å². The second kappa shape index (κ2) is 9.20. The number of piperidine rings is 1. The summed E-state index contributed by atoms with van der Waals surface area (Å²) in [6.07, 6.45) is 3.57. The molecule has 0 radical (unpaired) electrons. The van der Waals surface area contributed by atoms with Crippen molar-refractivity contribution in [3.63, 3.8) is 0 Å². The lowest BCUT2D eigenvalue weighted by molar-refractivity contribution is -0.0498. The molecule has 2 aromatic rings. The van der Waals surface area contributed by atoms with E-state index in [-0.39, 0.29) is 11.8 Å². The molecule has 1 aromatic heterocycles. The molecule has 0 amide bonds. The number of alkyl halides is 2. The van der Waals surface area contributed by atoms with Crippen molar-refractivity contribution < 1.29 is 18.0 Å². The van der Waals surface area contributed by atoms with Gasteiger partial charge in [0.05, 0.1) is 6.54 Å². The molecule has 1 aliphatic heterocycles. The summed E-state index contributed by atoms with van der Waals surface area (Å²) in [6, 6.07) is 8.76. The Labute approximate surface area is 156 Å². The maximum Gasteiger partial charge on any atom is 0.387 e. The molecule has 0 aliphatic carbocycles. The molecule has 0 spiro atoms. The van der Waals surface area contributed by atoms with Crippen LogP contribution in [-0.2, 0) is 6.54 Å². The fraction of sp³-hybridized carbons (Fsp3) is 0.444. The first kappa shape index (κ1) is 18.9. The van der Waals surface area contributed by atoms with Gasteiger partial charge in [0.2, 0.25) is 0 Å². The van der Waals surface area contributed by atoms with Gasteiger partial charge in [-0.3, -0.25) is 4.99 Å². The zero-order chi connectivity index (χ0) is 19.1. The van der Waals surface area contributed by atoms with E-state index in [1.165, 1.54) is 6.26 Å². The van der Waals surface area contributed by atoms with E-state index in [1.807, 2.05) is 0 Å². The van der Waals surface area contributed by atoms with Gasteiger partial charge in [-0.05, 0) is 37.1 Å². The van der Waals surface area contributed by atoms with Crippen LogP contribution in [0.1, 0.15) is 18.5 Å². The van der Waals surface area contributed by atoms with Crippen LogP contribution >= 0.6 is 0 Å². The van der Waals surface area contributed by atoms with Gasteiger partial charge in [0.15, 0.2) is 5.96 Å². The van der Waals surface area contributed by atoms with Crippen LogP contribution in [-0.4, -0.2) is 43.9 Å². The largest absolute Gasteiger partial charge is 0.435 e. The number of nitrogens with one attached hydrogen (secondary N) is 2. The number of aliphatic imine (C=N–C) groups is 1. The summed E-state index contributed by atoms with van der Waals surface area (Å²) < 4.78 is 33.8. The molecule has 7 nitrogen and oxygen atoms in total. The molecule has 2 N–H and O–H groups in total. The lowest BCUT2D eigenvalue weighted by atomic mass is 10.0. The second-order valence-corrected chi connectivity index (χ2v) is 6.22. The Morgan fingerprint density at radius 1 is 1.37 bits per heavy atom. The van der Waals surface area contributed by atoms with Gasteiger partial charge in [0.25, 0.3) is 0 Å². The van der Waals surface area contributed by atoms with Gasteiger partial charge >= 0.3 is 6.61 Å². The van der Waals surface area contributed by atoms with Gasteiger partial charge in [-0.25, -0.2) is 0 Å². The third-order valence-electron chi connectivity index (χ3n) is 4.34. The molecule has 1 fully saturated rings. The number of aromatic nitrogens is 1. The molecule has 146 valence electrons. The molecule has 0 bridgehead atoms. The van der Waals surface area contributed by atoms with Crippen LogP contribution in [0.25, 0.3) is 0 Å².